The molecule has 0 saturated carbocycles. The van der Waals surface area contributed by atoms with Crippen LogP contribution in [-0.2, 0) is 6.42 Å². The molecule has 0 saturated heterocycles. The number of aryl methyl sites for hydroxylation is 2. The van der Waals surface area contributed by atoms with Gasteiger partial charge in [-0.3, -0.25) is 0 Å². The van der Waals surface area contributed by atoms with E-state index in [1.165, 1.54) is 17.5 Å². The summed E-state index contributed by atoms with van der Waals surface area (Å²) in [6.45, 7) is 4.15. The number of rotatable bonds is 4. The number of aromatic nitrogens is 2. The zero-order valence-electron chi connectivity index (χ0n) is 14.4. The standard InChI is InChI=1S/C20H18N2O3/c1-12-6-16-18(7-13(12)2)25-20(22-16)9-14-4-5-15(17(8-14)23-3)19-10-21-11-24-19/h4-8,10-11H,9H2,1-3H3. The molecule has 0 unspecified atom stereocenters. The summed E-state index contributed by atoms with van der Waals surface area (Å²) < 4.78 is 16.8. The molecule has 2 heterocycles. The fourth-order valence-electron chi connectivity index (χ4n) is 2.88. The Kier molecular flexibility index (Phi) is 3.76. The molecule has 2 aromatic heterocycles. The van der Waals surface area contributed by atoms with Gasteiger partial charge in [0, 0.05) is 6.42 Å². The van der Waals surface area contributed by atoms with Gasteiger partial charge in [0.05, 0.1) is 18.9 Å². The van der Waals surface area contributed by atoms with Crippen LogP contribution >= 0.6 is 0 Å². The molecule has 0 spiro atoms. The van der Waals surface area contributed by atoms with Gasteiger partial charge in [0.2, 0.25) is 0 Å². The van der Waals surface area contributed by atoms with Gasteiger partial charge in [-0.1, -0.05) is 6.07 Å². The molecule has 4 rings (SSSR count). The first kappa shape index (κ1) is 15.4. The second-order valence-corrected chi connectivity index (χ2v) is 6.09. The molecule has 4 aromatic rings. The van der Waals surface area contributed by atoms with Crippen molar-refractivity contribution in [1.29, 1.82) is 0 Å². The zero-order valence-corrected chi connectivity index (χ0v) is 14.4. The Morgan fingerprint density at radius 1 is 1.08 bits per heavy atom. The van der Waals surface area contributed by atoms with E-state index in [0.717, 1.165) is 28.0 Å². The van der Waals surface area contributed by atoms with Crippen LogP contribution in [0.3, 0.4) is 0 Å². The lowest BCUT2D eigenvalue weighted by atomic mass is 10.1. The number of nitrogens with zero attached hydrogens (tertiary/aromatic N) is 2. The molecule has 5 nitrogen and oxygen atoms in total. The fourth-order valence-corrected chi connectivity index (χ4v) is 2.88. The van der Waals surface area contributed by atoms with Crippen molar-refractivity contribution in [2.75, 3.05) is 7.11 Å². The van der Waals surface area contributed by atoms with Crippen molar-refractivity contribution in [3.8, 4) is 17.1 Å². The van der Waals surface area contributed by atoms with Crippen molar-refractivity contribution in [2.45, 2.75) is 20.3 Å². The van der Waals surface area contributed by atoms with Crippen LogP contribution in [0.4, 0.5) is 0 Å². The monoisotopic (exact) mass is 334 g/mol. The minimum absolute atomic E-state index is 0.597. The third kappa shape index (κ3) is 2.89. The highest BCUT2D eigenvalue weighted by Crippen LogP contribution is 2.31. The molecule has 0 radical (unpaired) electrons. The second-order valence-electron chi connectivity index (χ2n) is 6.09. The summed E-state index contributed by atoms with van der Waals surface area (Å²) in [5.74, 6) is 2.10. The smallest absolute Gasteiger partial charge is 0.199 e. The van der Waals surface area contributed by atoms with E-state index in [4.69, 9.17) is 13.6 Å². The molecule has 0 aliphatic carbocycles. The van der Waals surface area contributed by atoms with Gasteiger partial charge >= 0.3 is 0 Å². The Morgan fingerprint density at radius 2 is 1.92 bits per heavy atom. The van der Waals surface area contributed by atoms with E-state index in [0.29, 0.717) is 18.1 Å². The van der Waals surface area contributed by atoms with Crippen molar-refractivity contribution in [3.05, 3.63) is 65.5 Å². The van der Waals surface area contributed by atoms with Gasteiger partial charge in [0.1, 0.15) is 11.3 Å². The molecular formula is C20H18N2O3. The first-order valence-electron chi connectivity index (χ1n) is 8.06. The molecule has 0 bridgehead atoms. The topological polar surface area (TPSA) is 61.3 Å². The molecule has 5 heteroatoms. The second kappa shape index (κ2) is 6.09. The van der Waals surface area contributed by atoms with Gasteiger partial charge in [-0.25, -0.2) is 9.97 Å². The maximum atomic E-state index is 5.90. The average Bonchev–Trinajstić information content (AvgIpc) is 3.25. The third-order valence-electron chi connectivity index (χ3n) is 4.37. The molecule has 25 heavy (non-hydrogen) atoms. The van der Waals surface area contributed by atoms with Crippen LogP contribution in [0.15, 0.2) is 51.8 Å². The molecule has 0 fully saturated rings. The van der Waals surface area contributed by atoms with Gasteiger partial charge in [-0.05, 0) is 54.8 Å². The Morgan fingerprint density at radius 3 is 2.68 bits per heavy atom. The van der Waals surface area contributed by atoms with E-state index < -0.39 is 0 Å². The largest absolute Gasteiger partial charge is 0.496 e. The maximum absolute atomic E-state index is 5.90. The van der Waals surface area contributed by atoms with E-state index in [1.54, 1.807) is 13.3 Å². The van der Waals surface area contributed by atoms with Crippen LogP contribution in [0.2, 0.25) is 0 Å². The van der Waals surface area contributed by atoms with Crippen LogP contribution in [-0.4, -0.2) is 17.1 Å². The van der Waals surface area contributed by atoms with Crippen LogP contribution in [0, 0.1) is 13.8 Å². The molecule has 2 aromatic carbocycles. The number of ether oxygens (including phenoxy) is 1. The van der Waals surface area contributed by atoms with Gasteiger partial charge in [0.15, 0.2) is 23.6 Å². The van der Waals surface area contributed by atoms with Crippen LogP contribution in [0.1, 0.15) is 22.6 Å². The van der Waals surface area contributed by atoms with Gasteiger partial charge in [-0.2, -0.15) is 0 Å². The molecular weight excluding hydrogens is 316 g/mol. The summed E-state index contributed by atoms with van der Waals surface area (Å²) in [7, 11) is 1.64. The number of methoxy groups -OCH3 is 1. The zero-order chi connectivity index (χ0) is 17.4. The van der Waals surface area contributed by atoms with Crippen molar-refractivity contribution in [2.24, 2.45) is 0 Å². The molecule has 0 aliphatic rings. The SMILES string of the molecule is COc1cc(Cc2nc3cc(C)c(C)cc3o2)ccc1-c1cnco1. The first-order chi connectivity index (χ1) is 12.1. The molecule has 0 aliphatic heterocycles. The van der Waals surface area contributed by atoms with Crippen LogP contribution < -0.4 is 4.74 Å². The summed E-state index contributed by atoms with van der Waals surface area (Å²) in [6, 6.07) is 10.1. The first-order valence-corrected chi connectivity index (χ1v) is 8.06. The Balaban J connectivity index is 1.66. The Labute approximate surface area is 145 Å². The Bertz CT molecular complexity index is 994. The van der Waals surface area contributed by atoms with Gasteiger partial charge < -0.3 is 13.6 Å². The van der Waals surface area contributed by atoms with Crippen molar-refractivity contribution >= 4 is 11.1 Å². The number of oxazole rings is 2. The molecule has 0 N–H and O–H groups in total. The summed E-state index contributed by atoms with van der Waals surface area (Å²) in [6.07, 6.45) is 3.67. The van der Waals surface area contributed by atoms with E-state index in [-0.39, 0.29) is 0 Å². The highest BCUT2D eigenvalue weighted by Gasteiger charge is 2.13. The lowest BCUT2D eigenvalue weighted by Crippen LogP contribution is -1.92. The summed E-state index contributed by atoms with van der Waals surface area (Å²) >= 11 is 0. The highest BCUT2D eigenvalue weighted by molar-refractivity contribution is 5.74. The lowest BCUT2D eigenvalue weighted by molar-refractivity contribution is 0.414. The molecule has 0 atom stereocenters. The number of hydrogen-bond acceptors (Lipinski definition) is 5. The lowest BCUT2D eigenvalue weighted by Gasteiger charge is -2.08. The van der Waals surface area contributed by atoms with Gasteiger partial charge in [0.25, 0.3) is 0 Å². The van der Waals surface area contributed by atoms with E-state index >= 15 is 0 Å². The minimum Gasteiger partial charge on any atom is -0.496 e. The summed E-state index contributed by atoms with van der Waals surface area (Å²) in [5, 5.41) is 0. The Hall–Kier alpha value is -3.08. The number of hydrogen-bond donors (Lipinski definition) is 0. The van der Waals surface area contributed by atoms with E-state index in [2.05, 4.69) is 29.9 Å². The predicted molar refractivity (Wildman–Crippen MR) is 94.8 cm³/mol. The molecule has 126 valence electrons. The normalized spacial score (nSPS) is 11.2. The van der Waals surface area contributed by atoms with Crippen molar-refractivity contribution < 1.29 is 13.6 Å². The van der Waals surface area contributed by atoms with E-state index in [9.17, 15) is 0 Å². The van der Waals surface area contributed by atoms with Crippen molar-refractivity contribution in [3.63, 3.8) is 0 Å². The average molecular weight is 334 g/mol. The van der Waals surface area contributed by atoms with Crippen LogP contribution in [0.5, 0.6) is 5.75 Å². The third-order valence-corrected chi connectivity index (χ3v) is 4.37. The number of benzene rings is 2. The van der Waals surface area contributed by atoms with Crippen LogP contribution in [0.25, 0.3) is 22.4 Å². The quantitative estimate of drug-likeness (QED) is 0.541. The molecule has 0 amide bonds. The summed E-state index contributed by atoms with van der Waals surface area (Å²) in [5.41, 5.74) is 6.05. The highest BCUT2D eigenvalue weighted by atomic mass is 16.5. The predicted octanol–water partition coefficient (Wildman–Crippen LogP) is 4.70. The van der Waals surface area contributed by atoms with E-state index in [1.807, 2.05) is 24.3 Å². The van der Waals surface area contributed by atoms with Crippen molar-refractivity contribution in [1.82, 2.24) is 9.97 Å². The summed E-state index contributed by atoms with van der Waals surface area (Å²) in [4.78, 5) is 8.56. The number of fused-ring (bicyclic) bond motifs is 1. The fraction of sp³-hybridized carbons (Fsp3) is 0.200. The maximum Gasteiger partial charge on any atom is 0.199 e. The minimum atomic E-state index is 0.597. The van der Waals surface area contributed by atoms with Gasteiger partial charge in [-0.15, -0.1) is 0 Å².